The zero-order valence-electron chi connectivity index (χ0n) is 15.1. The third-order valence-corrected chi connectivity index (χ3v) is 4.41. The number of H-pyrrole nitrogens is 1. The Labute approximate surface area is 145 Å². The predicted octanol–water partition coefficient (Wildman–Crippen LogP) is 2.92. The van der Waals surface area contributed by atoms with E-state index in [0.29, 0.717) is 28.5 Å². The van der Waals surface area contributed by atoms with Gasteiger partial charge in [0.2, 0.25) is 0 Å². The molecule has 0 bridgehead atoms. The van der Waals surface area contributed by atoms with E-state index in [-0.39, 0.29) is 11.5 Å². The summed E-state index contributed by atoms with van der Waals surface area (Å²) in [4.78, 5) is 20.0. The molecule has 1 atom stereocenters. The van der Waals surface area contributed by atoms with Gasteiger partial charge in [0.15, 0.2) is 22.8 Å². The first kappa shape index (κ1) is 17.0. The van der Waals surface area contributed by atoms with Gasteiger partial charge >= 0.3 is 0 Å². The predicted molar refractivity (Wildman–Crippen MR) is 95.6 cm³/mol. The summed E-state index contributed by atoms with van der Waals surface area (Å²) in [5, 5.41) is 4.63. The molecular weight excluding hydrogens is 320 g/mol. The Morgan fingerprint density at radius 1 is 1.24 bits per heavy atom. The summed E-state index contributed by atoms with van der Waals surface area (Å²) in [7, 11) is 3.15. The fourth-order valence-electron chi connectivity index (χ4n) is 2.81. The molecule has 1 unspecified atom stereocenters. The van der Waals surface area contributed by atoms with Gasteiger partial charge in [-0.2, -0.15) is 0 Å². The Hall–Kier alpha value is -2.83. The average molecular weight is 342 g/mol. The summed E-state index contributed by atoms with van der Waals surface area (Å²) in [6.45, 7) is 5.99. The number of hydrogen-bond donors (Lipinski definition) is 1. The van der Waals surface area contributed by atoms with Gasteiger partial charge in [0.05, 0.1) is 19.9 Å². The van der Waals surface area contributed by atoms with E-state index in [1.165, 1.54) is 0 Å². The molecule has 0 fully saturated rings. The van der Waals surface area contributed by atoms with Gasteiger partial charge in [0.25, 0.3) is 5.56 Å². The lowest BCUT2D eigenvalue weighted by molar-refractivity contribution is 0.355. The van der Waals surface area contributed by atoms with E-state index in [0.717, 1.165) is 17.8 Å². The van der Waals surface area contributed by atoms with Gasteiger partial charge in [0, 0.05) is 11.5 Å². The van der Waals surface area contributed by atoms with E-state index >= 15 is 0 Å². The summed E-state index contributed by atoms with van der Waals surface area (Å²) in [6.07, 6.45) is 0.915. The SMILES string of the molecule is CCC(C)c1nc(C)c2c(=O)[nH]c(-c3ccc(OC)c(OC)c3)nn12. The number of methoxy groups -OCH3 is 2. The van der Waals surface area contributed by atoms with Crippen LogP contribution in [0.1, 0.15) is 37.7 Å². The first-order chi connectivity index (χ1) is 12.0. The zero-order chi connectivity index (χ0) is 18.1. The molecule has 0 saturated carbocycles. The minimum absolute atomic E-state index is 0.203. The highest BCUT2D eigenvalue weighted by Crippen LogP contribution is 2.31. The van der Waals surface area contributed by atoms with E-state index in [4.69, 9.17) is 9.47 Å². The van der Waals surface area contributed by atoms with Gasteiger partial charge in [-0.05, 0) is 31.5 Å². The van der Waals surface area contributed by atoms with Gasteiger partial charge < -0.3 is 14.5 Å². The molecule has 7 heteroatoms. The average Bonchev–Trinajstić information content (AvgIpc) is 2.97. The summed E-state index contributed by atoms with van der Waals surface area (Å²) >= 11 is 0. The number of ether oxygens (including phenoxy) is 2. The number of nitrogens with one attached hydrogen (secondary N) is 1. The number of benzene rings is 1. The van der Waals surface area contributed by atoms with Gasteiger partial charge in [-0.3, -0.25) is 4.79 Å². The Kier molecular flexibility index (Phi) is 4.48. The second kappa shape index (κ2) is 6.58. The summed E-state index contributed by atoms with van der Waals surface area (Å²) < 4.78 is 12.3. The Morgan fingerprint density at radius 3 is 2.60 bits per heavy atom. The molecule has 3 aromatic rings. The van der Waals surface area contributed by atoms with Crippen LogP contribution in [-0.4, -0.2) is 33.8 Å². The van der Waals surface area contributed by atoms with Crippen LogP contribution in [0.5, 0.6) is 11.5 Å². The third-order valence-electron chi connectivity index (χ3n) is 4.41. The van der Waals surface area contributed by atoms with Crippen molar-refractivity contribution in [1.82, 2.24) is 19.6 Å². The van der Waals surface area contributed by atoms with E-state index in [9.17, 15) is 4.79 Å². The number of imidazole rings is 1. The fourth-order valence-corrected chi connectivity index (χ4v) is 2.81. The van der Waals surface area contributed by atoms with Crippen molar-refractivity contribution >= 4 is 5.52 Å². The van der Waals surface area contributed by atoms with E-state index in [1.54, 1.807) is 30.9 Å². The number of aryl methyl sites for hydroxylation is 1. The van der Waals surface area contributed by atoms with E-state index < -0.39 is 0 Å². The molecule has 0 amide bonds. The van der Waals surface area contributed by atoms with Crippen molar-refractivity contribution in [3.8, 4) is 22.9 Å². The second-order valence-electron chi connectivity index (χ2n) is 6.00. The highest BCUT2D eigenvalue weighted by atomic mass is 16.5. The fraction of sp³-hybridized carbons (Fsp3) is 0.389. The van der Waals surface area contributed by atoms with Crippen LogP contribution < -0.4 is 15.0 Å². The normalized spacial score (nSPS) is 12.4. The van der Waals surface area contributed by atoms with Crippen LogP contribution in [-0.2, 0) is 0 Å². The van der Waals surface area contributed by atoms with Crippen LogP contribution in [0.3, 0.4) is 0 Å². The maximum Gasteiger partial charge on any atom is 0.277 e. The van der Waals surface area contributed by atoms with Crippen LogP contribution in [0.2, 0.25) is 0 Å². The molecule has 0 radical (unpaired) electrons. The lowest BCUT2D eigenvalue weighted by atomic mass is 10.1. The molecule has 3 rings (SSSR count). The maximum atomic E-state index is 12.6. The summed E-state index contributed by atoms with van der Waals surface area (Å²) in [6, 6.07) is 5.40. The highest BCUT2D eigenvalue weighted by molar-refractivity contribution is 5.62. The monoisotopic (exact) mass is 342 g/mol. The molecule has 0 aliphatic rings. The van der Waals surface area contributed by atoms with Crippen molar-refractivity contribution < 1.29 is 9.47 Å². The standard InChI is InChI=1S/C18H22N4O3/c1-6-10(2)17-19-11(3)15-18(23)20-16(21-22(15)17)12-7-8-13(24-4)14(9-12)25-5/h7-10H,6H2,1-5H3,(H,20,21,23). The van der Waals surface area contributed by atoms with Gasteiger partial charge in [0.1, 0.15) is 5.82 Å². The Balaban J connectivity index is 2.23. The van der Waals surface area contributed by atoms with E-state index in [1.807, 2.05) is 13.0 Å². The lowest BCUT2D eigenvalue weighted by Gasteiger charge is -2.10. The molecule has 25 heavy (non-hydrogen) atoms. The number of rotatable bonds is 5. The van der Waals surface area contributed by atoms with Crippen LogP contribution in [0, 0.1) is 6.92 Å². The molecule has 0 spiro atoms. The number of aromatic amines is 1. The smallest absolute Gasteiger partial charge is 0.277 e. The van der Waals surface area contributed by atoms with Crippen molar-refractivity contribution in [1.29, 1.82) is 0 Å². The third kappa shape index (κ3) is 2.86. The van der Waals surface area contributed by atoms with Crippen molar-refractivity contribution in [2.75, 3.05) is 14.2 Å². The Morgan fingerprint density at radius 2 is 1.96 bits per heavy atom. The van der Waals surface area contributed by atoms with Crippen LogP contribution in [0.25, 0.3) is 16.9 Å². The van der Waals surface area contributed by atoms with Crippen molar-refractivity contribution in [3.05, 3.63) is 40.1 Å². The topological polar surface area (TPSA) is 81.5 Å². The summed E-state index contributed by atoms with van der Waals surface area (Å²) in [5.41, 5.74) is 1.69. The van der Waals surface area contributed by atoms with Crippen LogP contribution in [0.4, 0.5) is 0 Å². The number of aromatic nitrogens is 4. The van der Waals surface area contributed by atoms with Crippen LogP contribution in [0.15, 0.2) is 23.0 Å². The molecule has 7 nitrogen and oxygen atoms in total. The van der Waals surface area contributed by atoms with Gasteiger partial charge in [-0.1, -0.05) is 13.8 Å². The molecule has 0 saturated heterocycles. The minimum atomic E-state index is -0.209. The Bertz CT molecular complexity index is 974. The molecule has 132 valence electrons. The molecule has 1 N–H and O–H groups in total. The quantitative estimate of drug-likeness (QED) is 0.771. The molecular formula is C18H22N4O3. The molecule has 2 heterocycles. The van der Waals surface area contributed by atoms with Gasteiger partial charge in [-0.15, -0.1) is 5.10 Å². The molecule has 0 aliphatic heterocycles. The maximum absolute atomic E-state index is 12.6. The van der Waals surface area contributed by atoms with E-state index in [2.05, 4.69) is 28.9 Å². The number of fused-ring (bicyclic) bond motifs is 1. The molecule has 0 aliphatic carbocycles. The minimum Gasteiger partial charge on any atom is -0.493 e. The highest BCUT2D eigenvalue weighted by Gasteiger charge is 2.18. The lowest BCUT2D eigenvalue weighted by Crippen LogP contribution is -2.16. The number of nitrogens with zero attached hydrogens (tertiary/aromatic N) is 3. The van der Waals surface area contributed by atoms with Gasteiger partial charge in [-0.25, -0.2) is 9.50 Å². The molecule has 1 aromatic carbocycles. The largest absolute Gasteiger partial charge is 0.493 e. The van der Waals surface area contributed by atoms with Crippen molar-refractivity contribution in [2.45, 2.75) is 33.1 Å². The van der Waals surface area contributed by atoms with Crippen molar-refractivity contribution in [3.63, 3.8) is 0 Å². The zero-order valence-corrected chi connectivity index (χ0v) is 15.1. The summed E-state index contributed by atoms with van der Waals surface area (Å²) in [5.74, 6) is 2.65. The molecule has 2 aromatic heterocycles. The first-order valence-corrected chi connectivity index (χ1v) is 8.22. The van der Waals surface area contributed by atoms with Crippen molar-refractivity contribution in [2.24, 2.45) is 0 Å². The first-order valence-electron chi connectivity index (χ1n) is 8.22. The van der Waals surface area contributed by atoms with Crippen LogP contribution >= 0.6 is 0 Å². The number of hydrogen-bond acceptors (Lipinski definition) is 5. The second-order valence-corrected chi connectivity index (χ2v) is 6.00.